The number of benzene rings is 1. The molecule has 1 aromatic heterocycles. The summed E-state index contributed by atoms with van der Waals surface area (Å²) in [5.74, 6) is -0.0616. The highest BCUT2D eigenvalue weighted by atomic mass is 16.5. The Morgan fingerprint density at radius 3 is 2.25 bits per heavy atom. The van der Waals surface area contributed by atoms with Gasteiger partial charge in [0.15, 0.2) is 0 Å². The second-order valence-corrected chi connectivity index (χ2v) is 5.88. The van der Waals surface area contributed by atoms with Crippen molar-refractivity contribution in [2.45, 2.75) is 26.8 Å². The fraction of sp³-hybridized carbons (Fsp3) is 0.353. The summed E-state index contributed by atoms with van der Waals surface area (Å²) in [6.45, 7) is 5.45. The van der Waals surface area contributed by atoms with Crippen LogP contribution in [0.1, 0.15) is 28.5 Å². The van der Waals surface area contributed by atoms with Crippen molar-refractivity contribution in [2.24, 2.45) is 0 Å². The number of amides is 2. The van der Waals surface area contributed by atoms with Crippen LogP contribution in [0.3, 0.4) is 0 Å². The van der Waals surface area contributed by atoms with Gasteiger partial charge >= 0.3 is 0 Å². The van der Waals surface area contributed by atoms with Gasteiger partial charge < -0.3 is 9.84 Å². The van der Waals surface area contributed by atoms with Gasteiger partial charge in [0, 0.05) is 16.8 Å². The van der Waals surface area contributed by atoms with Crippen LogP contribution in [0.4, 0.5) is 11.6 Å². The lowest BCUT2D eigenvalue weighted by molar-refractivity contribution is -0.119. The fourth-order valence-electron chi connectivity index (χ4n) is 1.89. The van der Waals surface area contributed by atoms with Crippen molar-refractivity contribution in [1.29, 1.82) is 0 Å². The number of aromatic nitrogens is 1. The molecule has 0 fully saturated rings. The van der Waals surface area contributed by atoms with Gasteiger partial charge in [-0.05, 0) is 59.1 Å². The molecular formula is C17H22N4O3. The van der Waals surface area contributed by atoms with E-state index in [9.17, 15) is 9.59 Å². The van der Waals surface area contributed by atoms with E-state index in [1.807, 2.05) is 32.8 Å². The van der Waals surface area contributed by atoms with E-state index < -0.39 is 0 Å². The van der Waals surface area contributed by atoms with Crippen LogP contribution in [0.15, 0.2) is 28.8 Å². The molecule has 0 aliphatic carbocycles. The molecule has 1 aromatic carbocycles. The molecule has 128 valence electrons. The van der Waals surface area contributed by atoms with Crippen molar-refractivity contribution in [3.05, 3.63) is 41.1 Å². The molecule has 1 atom stereocenters. The van der Waals surface area contributed by atoms with Crippen LogP contribution in [-0.2, 0) is 4.79 Å². The number of hydrogen-bond acceptors (Lipinski definition) is 5. The molecular weight excluding hydrogens is 308 g/mol. The lowest BCUT2D eigenvalue weighted by atomic mass is 10.2. The summed E-state index contributed by atoms with van der Waals surface area (Å²) in [6, 6.07) is 6.42. The molecule has 2 aromatic rings. The maximum Gasteiger partial charge on any atom is 0.258 e. The van der Waals surface area contributed by atoms with Crippen LogP contribution in [0, 0.1) is 13.8 Å². The molecule has 2 rings (SSSR count). The average Bonchev–Trinajstić information content (AvgIpc) is 2.86. The quantitative estimate of drug-likeness (QED) is 0.879. The lowest BCUT2D eigenvalue weighted by Gasteiger charge is -2.18. The van der Waals surface area contributed by atoms with Gasteiger partial charge in [0.05, 0.1) is 11.7 Å². The SMILES string of the molecule is Cc1noc(NC(=O)c2ccc(NC(=O)C(C)N(C)C)cc2)c1C. The Bertz CT molecular complexity index is 735. The largest absolute Gasteiger partial charge is 0.338 e. The fourth-order valence-corrected chi connectivity index (χ4v) is 1.89. The zero-order valence-electron chi connectivity index (χ0n) is 14.5. The maximum absolute atomic E-state index is 12.2. The average molecular weight is 330 g/mol. The Labute approximate surface area is 141 Å². The second kappa shape index (κ2) is 7.27. The summed E-state index contributed by atoms with van der Waals surface area (Å²) < 4.78 is 5.07. The molecule has 7 heteroatoms. The molecule has 0 aliphatic heterocycles. The van der Waals surface area contributed by atoms with Gasteiger partial charge in [-0.25, -0.2) is 0 Å². The monoisotopic (exact) mass is 330 g/mol. The van der Waals surface area contributed by atoms with Crippen molar-refractivity contribution in [2.75, 3.05) is 24.7 Å². The Morgan fingerprint density at radius 1 is 1.12 bits per heavy atom. The third-order valence-corrected chi connectivity index (χ3v) is 3.95. The first kappa shape index (κ1) is 17.7. The zero-order chi connectivity index (χ0) is 17.9. The van der Waals surface area contributed by atoms with Crippen molar-refractivity contribution in [3.8, 4) is 0 Å². The number of likely N-dealkylation sites (N-methyl/N-ethyl adjacent to an activating group) is 1. The summed E-state index contributed by atoms with van der Waals surface area (Å²) in [5.41, 5.74) is 2.63. The summed E-state index contributed by atoms with van der Waals surface area (Å²) in [6.07, 6.45) is 0. The Kier molecular flexibility index (Phi) is 5.35. The molecule has 0 radical (unpaired) electrons. The number of anilines is 2. The third-order valence-electron chi connectivity index (χ3n) is 3.95. The second-order valence-electron chi connectivity index (χ2n) is 5.88. The van der Waals surface area contributed by atoms with Gasteiger partial charge in [0.25, 0.3) is 5.91 Å². The van der Waals surface area contributed by atoms with Gasteiger partial charge in [-0.2, -0.15) is 0 Å². The molecule has 0 saturated heterocycles. The van der Waals surface area contributed by atoms with Crippen molar-refractivity contribution >= 4 is 23.4 Å². The van der Waals surface area contributed by atoms with Crippen molar-refractivity contribution < 1.29 is 14.1 Å². The zero-order valence-corrected chi connectivity index (χ0v) is 14.5. The van der Waals surface area contributed by atoms with Crippen LogP contribution < -0.4 is 10.6 Å². The predicted molar refractivity (Wildman–Crippen MR) is 92.2 cm³/mol. The van der Waals surface area contributed by atoms with Crippen LogP contribution in [0.5, 0.6) is 0 Å². The Morgan fingerprint density at radius 2 is 1.75 bits per heavy atom. The number of rotatable bonds is 5. The van der Waals surface area contributed by atoms with Crippen LogP contribution in [-0.4, -0.2) is 42.0 Å². The van der Waals surface area contributed by atoms with E-state index in [1.54, 1.807) is 31.2 Å². The standard InChI is InChI=1S/C17H22N4O3/c1-10-11(2)20-24-17(10)19-16(23)13-6-8-14(9-7-13)18-15(22)12(3)21(4)5/h6-9,12H,1-5H3,(H,18,22)(H,19,23). The molecule has 0 bridgehead atoms. The van der Waals surface area contributed by atoms with E-state index in [-0.39, 0.29) is 17.9 Å². The highest BCUT2D eigenvalue weighted by Crippen LogP contribution is 2.19. The molecule has 1 unspecified atom stereocenters. The minimum absolute atomic E-state index is 0.107. The first-order valence-corrected chi connectivity index (χ1v) is 7.61. The van der Waals surface area contributed by atoms with Crippen molar-refractivity contribution in [3.63, 3.8) is 0 Å². The van der Waals surface area contributed by atoms with Crippen LogP contribution in [0.2, 0.25) is 0 Å². The number of nitrogens with one attached hydrogen (secondary N) is 2. The van der Waals surface area contributed by atoms with E-state index in [1.165, 1.54) is 0 Å². The number of carbonyl (C=O) groups excluding carboxylic acids is 2. The number of hydrogen-bond donors (Lipinski definition) is 2. The smallest absolute Gasteiger partial charge is 0.258 e. The summed E-state index contributed by atoms with van der Waals surface area (Å²) in [7, 11) is 3.68. The minimum atomic E-state index is -0.297. The molecule has 0 spiro atoms. The normalized spacial score (nSPS) is 12.1. The molecule has 2 amide bonds. The van der Waals surface area contributed by atoms with Crippen LogP contribution in [0.25, 0.3) is 0 Å². The van der Waals surface area contributed by atoms with E-state index in [0.29, 0.717) is 17.1 Å². The van der Waals surface area contributed by atoms with Gasteiger partial charge in [-0.15, -0.1) is 0 Å². The predicted octanol–water partition coefficient (Wildman–Crippen LogP) is 2.43. The van der Waals surface area contributed by atoms with E-state index in [2.05, 4.69) is 15.8 Å². The third kappa shape index (κ3) is 3.99. The first-order chi connectivity index (χ1) is 11.3. The maximum atomic E-state index is 12.2. The summed E-state index contributed by atoms with van der Waals surface area (Å²) in [5, 5.41) is 9.29. The lowest BCUT2D eigenvalue weighted by Crippen LogP contribution is -2.37. The highest BCUT2D eigenvalue weighted by molar-refractivity contribution is 6.04. The number of carbonyl (C=O) groups is 2. The topological polar surface area (TPSA) is 87.5 Å². The summed E-state index contributed by atoms with van der Waals surface area (Å²) in [4.78, 5) is 26.0. The molecule has 24 heavy (non-hydrogen) atoms. The van der Waals surface area contributed by atoms with Gasteiger partial charge in [-0.3, -0.25) is 19.8 Å². The molecule has 0 saturated carbocycles. The Hall–Kier alpha value is -2.67. The van der Waals surface area contributed by atoms with Gasteiger partial charge in [0.2, 0.25) is 11.8 Å². The number of aryl methyl sites for hydroxylation is 1. The number of nitrogens with zero attached hydrogens (tertiary/aromatic N) is 2. The molecule has 0 aliphatic rings. The van der Waals surface area contributed by atoms with Crippen LogP contribution >= 0.6 is 0 Å². The van der Waals surface area contributed by atoms with E-state index >= 15 is 0 Å². The highest BCUT2D eigenvalue weighted by Gasteiger charge is 2.16. The molecule has 7 nitrogen and oxygen atoms in total. The van der Waals surface area contributed by atoms with E-state index in [0.717, 1.165) is 11.3 Å². The molecule has 2 N–H and O–H groups in total. The van der Waals surface area contributed by atoms with Crippen molar-refractivity contribution in [1.82, 2.24) is 10.1 Å². The molecule has 1 heterocycles. The summed E-state index contributed by atoms with van der Waals surface area (Å²) >= 11 is 0. The Balaban J connectivity index is 2.02. The minimum Gasteiger partial charge on any atom is -0.338 e. The first-order valence-electron chi connectivity index (χ1n) is 7.61. The van der Waals surface area contributed by atoms with Gasteiger partial charge in [-0.1, -0.05) is 5.16 Å². The van der Waals surface area contributed by atoms with E-state index in [4.69, 9.17) is 4.52 Å². The van der Waals surface area contributed by atoms with Gasteiger partial charge in [0.1, 0.15) is 0 Å².